The number of pyridine rings is 1. The van der Waals surface area contributed by atoms with E-state index in [0.29, 0.717) is 0 Å². The molecule has 1 spiro atoms. The van der Waals surface area contributed by atoms with Gasteiger partial charge in [-0.25, -0.2) is 0 Å². The molecule has 0 radical (unpaired) electrons. The van der Waals surface area contributed by atoms with Gasteiger partial charge < -0.3 is 19.7 Å². The Labute approximate surface area is 199 Å². The van der Waals surface area contributed by atoms with Crippen LogP contribution < -0.4 is 10.1 Å². The number of methoxy groups -OCH3 is 1. The van der Waals surface area contributed by atoms with Crippen LogP contribution in [-0.2, 0) is 19.0 Å². The summed E-state index contributed by atoms with van der Waals surface area (Å²) >= 11 is 0. The molecular formula is C28H30N4O2. The summed E-state index contributed by atoms with van der Waals surface area (Å²) in [6, 6.07) is 21.1. The topological polar surface area (TPSA) is 62.6 Å². The SMILES string of the molecule is COc1ccc2c3c(n(C)c2c1)[C@@H](CO)NCC31CN(Cc2ccc(-c3ccccn3)cc2)C1. The number of ether oxygens (including phenoxy) is 1. The second-order valence-electron chi connectivity index (χ2n) is 9.66. The van der Waals surface area contributed by atoms with Crippen LogP contribution in [0.1, 0.15) is 22.9 Å². The van der Waals surface area contributed by atoms with Crippen LogP contribution in [0.5, 0.6) is 5.75 Å². The van der Waals surface area contributed by atoms with Crippen LogP contribution in [0, 0.1) is 0 Å². The van der Waals surface area contributed by atoms with Crippen LogP contribution in [0.3, 0.4) is 0 Å². The van der Waals surface area contributed by atoms with Crippen molar-refractivity contribution in [2.45, 2.75) is 18.0 Å². The predicted octanol–water partition coefficient (Wildman–Crippen LogP) is 3.64. The van der Waals surface area contributed by atoms with Gasteiger partial charge in [-0.05, 0) is 35.4 Å². The molecular weight excluding hydrogens is 424 g/mol. The summed E-state index contributed by atoms with van der Waals surface area (Å²) in [5.74, 6) is 0.859. The Bertz CT molecular complexity index is 1320. The zero-order valence-electron chi connectivity index (χ0n) is 19.7. The molecule has 6 rings (SSSR count). The van der Waals surface area contributed by atoms with Crippen molar-refractivity contribution in [2.75, 3.05) is 33.4 Å². The molecule has 0 bridgehead atoms. The van der Waals surface area contributed by atoms with Crippen LogP contribution in [0.25, 0.3) is 22.2 Å². The number of likely N-dealkylation sites (tertiary alicyclic amines) is 1. The standard InChI is InChI=1S/C28H30N4O2/c1-31-25-13-21(34-2)10-11-22(25)26-27(31)24(15-33)30-16-28(26)17-32(18-28)14-19-6-8-20(9-7-19)23-5-3-4-12-29-23/h3-13,24,30,33H,14-18H2,1-2H3/t24-/m1/s1. The maximum absolute atomic E-state index is 10.1. The molecule has 6 nitrogen and oxygen atoms in total. The molecule has 0 amide bonds. The first-order chi connectivity index (χ1) is 16.6. The number of aliphatic hydroxyl groups excluding tert-OH is 1. The zero-order valence-corrected chi connectivity index (χ0v) is 19.7. The van der Waals surface area contributed by atoms with E-state index >= 15 is 0 Å². The highest BCUT2D eigenvalue weighted by atomic mass is 16.5. The molecule has 34 heavy (non-hydrogen) atoms. The van der Waals surface area contributed by atoms with Gasteiger partial charge in [0.05, 0.1) is 31.0 Å². The Morgan fingerprint density at radius 2 is 1.94 bits per heavy atom. The highest BCUT2D eigenvalue weighted by Crippen LogP contribution is 2.47. The zero-order chi connectivity index (χ0) is 23.3. The van der Waals surface area contributed by atoms with Crippen LogP contribution in [0.15, 0.2) is 66.9 Å². The number of benzene rings is 2. The third-order valence-corrected chi connectivity index (χ3v) is 7.56. The number of fused-ring (bicyclic) bond motifs is 4. The third-order valence-electron chi connectivity index (χ3n) is 7.56. The number of hydrogen-bond acceptors (Lipinski definition) is 5. The fourth-order valence-electron chi connectivity index (χ4n) is 5.95. The molecule has 2 aromatic heterocycles. The van der Waals surface area contributed by atoms with Gasteiger partial charge in [0.2, 0.25) is 0 Å². The molecule has 4 aromatic rings. The highest BCUT2D eigenvalue weighted by molar-refractivity contribution is 5.89. The first-order valence-electron chi connectivity index (χ1n) is 11.9. The Morgan fingerprint density at radius 1 is 1.12 bits per heavy atom. The fourth-order valence-corrected chi connectivity index (χ4v) is 5.95. The summed E-state index contributed by atoms with van der Waals surface area (Å²) in [5.41, 5.74) is 7.28. The first kappa shape index (κ1) is 21.4. The van der Waals surface area contributed by atoms with E-state index in [1.165, 1.54) is 22.2 Å². The Balaban J connectivity index is 1.26. The lowest BCUT2D eigenvalue weighted by molar-refractivity contribution is 0.0443. The normalized spacial score (nSPS) is 19.2. The number of aryl methyl sites for hydroxylation is 1. The Hall–Kier alpha value is -3.19. The predicted molar refractivity (Wildman–Crippen MR) is 134 cm³/mol. The van der Waals surface area contributed by atoms with Crippen molar-refractivity contribution in [3.63, 3.8) is 0 Å². The smallest absolute Gasteiger partial charge is 0.120 e. The van der Waals surface area contributed by atoms with Crippen molar-refractivity contribution < 1.29 is 9.84 Å². The molecule has 2 aromatic carbocycles. The van der Waals surface area contributed by atoms with Gasteiger partial charge in [0.25, 0.3) is 0 Å². The highest BCUT2D eigenvalue weighted by Gasteiger charge is 2.50. The minimum absolute atomic E-state index is 0.0442. The molecule has 1 fully saturated rings. The van der Waals surface area contributed by atoms with E-state index < -0.39 is 0 Å². The Morgan fingerprint density at radius 3 is 2.65 bits per heavy atom. The Kier molecular flexibility index (Phi) is 5.17. The monoisotopic (exact) mass is 454 g/mol. The van der Waals surface area contributed by atoms with Crippen molar-refractivity contribution in [3.8, 4) is 17.0 Å². The molecule has 0 unspecified atom stereocenters. The maximum atomic E-state index is 10.1. The summed E-state index contributed by atoms with van der Waals surface area (Å²) in [5, 5.41) is 15.0. The number of nitrogens with one attached hydrogen (secondary N) is 1. The largest absolute Gasteiger partial charge is 0.497 e. The first-order valence-corrected chi connectivity index (χ1v) is 11.9. The number of aliphatic hydroxyl groups is 1. The molecule has 2 aliphatic heterocycles. The van der Waals surface area contributed by atoms with Crippen molar-refractivity contribution in [1.82, 2.24) is 19.8 Å². The van der Waals surface area contributed by atoms with Crippen molar-refractivity contribution in [1.29, 1.82) is 0 Å². The lowest BCUT2D eigenvalue weighted by atomic mass is 9.69. The van der Waals surface area contributed by atoms with Crippen molar-refractivity contribution >= 4 is 10.9 Å². The quantitative estimate of drug-likeness (QED) is 0.482. The molecule has 2 N–H and O–H groups in total. The second kappa shape index (κ2) is 8.24. The maximum Gasteiger partial charge on any atom is 0.120 e. The molecule has 174 valence electrons. The summed E-state index contributed by atoms with van der Waals surface area (Å²) in [6.45, 7) is 3.90. The van der Waals surface area contributed by atoms with E-state index in [1.54, 1.807) is 7.11 Å². The van der Waals surface area contributed by atoms with E-state index in [9.17, 15) is 5.11 Å². The van der Waals surface area contributed by atoms with Crippen LogP contribution in [-0.4, -0.2) is 52.9 Å². The van der Waals surface area contributed by atoms with Crippen LogP contribution >= 0.6 is 0 Å². The average Bonchev–Trinajstić information content (AvgIpc) is 3.17. The van der Waals surface area contributed by atoms with Crippen molar-refractivity contribution in [3.05, 3.63) is 83.7 Å². The molecule has 4 heterocycles. The van der Waals surface area contributed by atoms with Gasteiger partial charge in [-0.3, -0.25) is 9.88 Å². The summed E-state index contributed by atoms with van der Waals surface area (Å²) in [7, 11) is 3.81. The van der Waals surface area contributed by atoms with Gasteiger partial charge in [-0.15, -0.1) is 0 Å². The number of hydrogen-bond donors (Lipinski definition) is 2. The second-order valence-corrected chi connectivity index (χ2v) is 9.66. The van der Waals surface area contributed by atoms with E-state index in [0.717, 1.165) is 48.7 Å². The summed E-state index contributed by atoms with van der Waals surface area (Å²) < 4.78 is 7.72. The van der Waals surface area contributed by atoms with Gasteiger partial charge in [0.15, 0.2) is 0 Å². The molecule has 6 heteroatoms. The van der Waals surface area contributed by atoms with E-state index in [2.05, 4.69) is 63.2 Å². The van der Waals surface area contributed by atoms with Crippen LogP contribution in [0.4, 0.5) is 0 Å². The van der Waals surface area contributed by atoms with Gasteiger partial charge >= 0.3 is 0 Å². The van der Waals surface area contributed by atoms with E-state index in [-0.39, 0.29) is 18.1 Å². The van der Waals surface area contributed by atoms with E-state index in [4.69, 9.17) is 4.74 Å². The van der Waals surface area contributed by atoms with E-state index in [1.807, 2.05) is 30.5 Å². The molecule has 0 aliphatic carbocycles. The third kappa shape index (κ3) is 3.33. The van der Waals surface area contributed by atoms with Crippen molar-refractivity contribution in [2.24, 2.45) is 7.05 Å². The lowest BCUT2D eigenvalue weighted by Gasteiger charge is -2.54. The van der Waals surface area contributed by atoms with Gasteiger partial charge in [-0.2, -0.15) is 0 Å². The number of nitrogens with zero attached hydrogens (tertiary/aromatic N) is 3. The number of rotatable bonds is 5. The molecule has 1 atom stereocenters. The molecule has 2 aliphatic rings. The van der Waals surface area contributed by atoms with Gasteiger partial charge in [-0.1, -0.05) is 30.3 Å². The fraction of sp³-hybridized carbons (Fsp3) is 0.321. The van der Waals surface area contributed by atoms with Gasteiger partial charge in [0.1, 0.15) is 5.75 Å². The van der Waals surface area contributed by atoms with Crippen LogP contribution in [0.2, 0.25) is 0 Å². The summed E-state index contributed by atoms with van der Waals surface area (Å²) in [4.78, 5) is 6.97. The van der Waals surface area contributed by atoms with Gasteiger partial charge in [0, 0.05) is 67.5 Å². The lowest BCUT2D eigenvalue weighted by Crippen LogP contribution is -2.65. The average molecular weight is 455 g/mol. The minimum atomic E-state index is -0.0442. The minimum Gasteiger partial charge on any atom is -0.497 e. The summed E-state index contributed by atoms with van der Waals surface area (Å²) in [6.07, 6.45) is 1.83. The number of aromatic nitrogens is 2. The molecule has 0 saturated carbocycles. The molecule has 1 saturated heterocycles.